The Balaban J connectivity index is 2.30. The lowest BCUT2D eigenvalue weighted by Crippen LogP contribution is -2.09. The highest BCUT2D eigenvalue weighted by Gasteiger charge is 2.06. The summed E-state index contributed by atoms with van der Waals surface area (Å²) in [6.07, 6.45) is 0. The molecular weight excluding hydrogens is 300 g/mol. The second-order valence-corrected chi connectivity index (χ2v) is 5.02. The molecule has 19 heavy (non-hydrogen) atoms. The number of nitrogens with zero attached hydrogens (tertiary/aromatic N) is 2. The van der Waals surface area contributed by atoms with Crippen molar-refractivity contribution in [3.8, 4) is 6.07 Å². The molecule has 96 valence electrons. The van der Waals surface area contributed by atoms with E-state index in [1.807, 2.05) is 31.3 Å². The smallest absolute Gasteiger partial charge is 0.0991 e. The highest BCUT2D eigenvalue weighted by molar-refractivity contribution is 9.08. The molecule has 2 nitrogen and oxygen atoms in total. The highest BCUT2D eigenvalue weighted by Crippen LogP contribution is 2.26. The number of hydrogen-bond donors (Lipinski definition) is 0. The third-order valence-corrected chi connectivity index (χ3v) is 3.85. The number of benzene rings is 2. The topological polar surface area (TPSA) is 27.0 Å². The minimum atomic E-state index is 0.683. The van der Waals surface area contributed by atoms with Crippen LogP contribution in [-0.2, 0) is 5.33 Å². The van der Waals surface area contributed by atoms with Gasteiger partial charge >= 0.3 is 0 Å². The summed E-state index contributed by atoms with van der Waals surface area (Å²) in [5.41, 5.74) is 5.48. The molecule has 0 bridgehead atoms. The fraction of sp³-hybridized carbons (Fsp3) is 0.188. The van der Waals surface area contributed by atoms with Crippen LogP contribution < -0.4 is 4.90 Å². The maximum atomic E-state index is 8.81. The normalized spacial score (nSPS) is 10.0. The van der Waals surface area contributed by atoms with Gasteiger partial charge in [-0.05, 0) is 54.4 Å². The van der Waals surface area contributed by atoms with Crippen LogP contribution in [0, 0.1) is 18.3 Å². The van der Waals surface area contributed by atoms with E-state index in [-0.39, 0.29) is 0 Å². The van der Waals surface area contributed by atoms with Gasteiger partial charge in [-0.3, -0.25) is 0 Å². The van der Waals surface area contributed by atoms with Gasteiger partial charge in [-0.1, -0.05) is 22.0 Å². The molecule has 2 aromatic rings. The lowest BCUT2D eigenvalue weighted by molar-refractivity contribution is 1.19. The predicted molar refractivity (Wildman–Crippen MR) is 83.0 cm³/mol. The molecule has 0 fully saturated rings. The SMILES string of the molecule is Cc1cc(N(C)c2ccc(C#N)cc2)ccc1CBr. The van der Waals surface area contributed by atoms with E-state index in [4.69, 9.17) is 5.26 Å². The number of nitriles is 1. The molecule has 0 amide bonds. The van der Waals surface area contributed by atoms with Gasteiger partial charge in [-0.2, -0.15) is 5.26 Å². The number of halogens is 1. The van der Waals surface area contributed by atoms with Crippen molar-refractivity contribution in [2.45, 2.75) is 12.3 Å². The molecule has 2 rings (SSSR count). The highest BCUT2D eigenvalue weighted by atomic mass is 79.9. The molecular formula is C16H15BrN2. The molecule has 0 unspecified atom stereocenters. The quantitative estimate of drug-likeness (QED) is 0.778. The zero-order valence-electron chi connectivity index (χ0n) is 11.0. The van der Waals surface area contributed by atoms with Crippen LogP contribution in [-0.4, -0.2) is 7.05 Å². The molecule has 0 heterocycles. The number of rotatable bonds is 3. The number of anilines is 2. The van der Waals surface area contributed by atoms with E-state index in [0.717, 1.165) is 16.7 Å². The van der Waals surface area contributed by atoms with Crippen LogP contribution in [0.2, 0.25) is 0 Å². The Labute approximate surface area is 122 Å². The Bertz CT molecular complexity index is 612. The minimum Gasteiger partial charge on any atom is -0.345 e. The minimum absolute atomic E-state index is 0.683. The van der Waals surface area contributed by atoms with Crippen LogP contribution in [0.25, 0.3) is 0 Å². The van der Waals surface area contributed by atoms with Crippen LogP contribution in [0.15, 0.2) is 42.5 Å². The van der Waals surface area contributed by atoms with Crippen molar-refractivity contribution in [2.24, 2.45) is 0 Å². The monoisotopic (exact) mass is 314 g/mol. The van der Waals surface area contributed by atoms with Gasteiger partial charge in [0.25, 0.3) is 0 Å². The number of hydrogen-bond acceptors (Lipinski definition) is 2. The van der Waals surface area contributed by atoms with Crippen molar-refractivity contribution >= 4 is 27.3 Å². The standard InChI is InChI=1S/C16H15BrN2/c1-12-9-16(8-5-14(12)10-17)19(2)15-6-3-13(11-18)4-7-15/h3-9H,10H2,1-2H3. The summed E-state index contributed by atoms with van der Waals surface area (Å²) in [4.78, 5) is 2.12. The molecule has 0 aliphatic carbocycles. The van der Waals surface area contributed by atoms with E-state index in [1.54, 1.807) is 0 Å². The predicted octanol–water partition coefficient (Wildman–Crippen LogP) is 4.53. The first kappa shape index (κ1) is 13.6. The Hall–Kier alpha value is -1.79. The molecule has 0 aromatic heterocycles. The third-order valence-electron chi connectivity index (χ3n) is 3.24. The summed E-state index contributed by atoms with van der Waals surface area (Å²) in [6.45, 7) is 2.12. The molecule has 2 aromatic carbocycles. The Morgan fingerprint density at radius 1 is 1.11 bits per heavy atom. The first-order valence-corrected chi connectivity index (χ1v) is 7.17. The second kappa shape index (κ2) is 5.90. The lowest BCUT2D eigenvalue weighted by atomic mass is 10.1. The van der Waals surface area contributed by atoms with Crippen LogP contribution in [0.3, 0.4) is 0 Å². The molecule has 0 saturated carbocycles. The summed E-state index contributed by atoms with van der Waals surface area (Å²) in [5, 5.41) is 9.68. The lowest BCUT2D eigenvalue weighted by Gasteiger charge is -2.20. The van der Waals surface area contributed by atoms with Crippen LogP contribution in [0.4, 0.5) is 11.4 Å². The first-order chi connectivity index (χ1) is 9.15. The summed E-state index contributed by atoms with van der Waals surface area (Å²) < 4.78 is 0. The largest absolute Gasteiger partial charge is 0.345 e. The van der Waals surface area contributed by atoms with E-state index < -0.39 is 0 Å². The van der Waals surface area contributed by atoms with E-state index >= 15 is 0 Å². The van der Waals surface area contributed by atoms with Gasteiger partial charge in [-0.15, -0.1) is 0 Å². The van der Waals surface area contributed by atoms with Crippen molar-refractivity contribution in [3.63, 3.8) is 0 Å². The van der Waals surface area contributed by atoms with Crippen molar-refractivity contribution < 1.29 is 0 Å². The molecule has 0 radical (unpaired) electrons. The second-order valence-electron chi connectivity index (χ2n) is 4.46. The van der Waals surface area contributed by atoms with Gasteiger partial charge in [0.2, 0.25) is 0 Å². The van der Waals surface area contributed by atoms with Crippen molar-refractivity contribution in [2.75, 3.05) is 11.9 Å². The number of aryl methyl sites for hydroxylation is 1. The number of alkyl halides is 1. The average molecular weight is 315 g/mol. The molecule has 3 heteroatoms. The first-order valence-electron chi connectivity index (χ1n) is 6.05. The fourth-order valence-electron chi connectivity index (χ4n) is 1.95. The van der Waals surface area contributed by atoms with E-state index in [9.17, 15) is 0 Å². The van der Waals surface area contributed by atoms with Crippen molar-refractivity contribution in [3.05, 3.63) is 59.2 Å². The fourth-order valence-corrected chi connectivity index (χ4v) is 2.58. The molecule has 0 spiro atoms. The van der Waals surface area contributed by atoms with E-state index in [1.165, 1.54) is 11.1 Å². The molecule has 0 aliphatic rings. The van der Waals surface area contributed by atoms with Gasteiger partial charge in [0.15, 0.2) is 0 Å². The van der Waals surface area contributed by atoms with Gasteiger partial charge in [0.05, 0.1) is 11.6 Å². The van der Waals surface area contributed by atoms with E-state index in [2.05, 4.69) is 52.0 Å². The summed E-state index contributed by atoms with van der Waals surface area (Å²) >= 11 is 3.49. The zero-order valence-corrected chi connectivity index (χ0v) is 12.6. The Morgan fingerprint density at radius 3 is 2.26 bits per heavy atom. The summed E-state index contributed by atoms with van der Waals surface area (Å²) in [5.74, 6) is 0. The zero-order chi connectivity index (χ0) is 13.8. The Morgan fingerprint density at radius 2 is 1.74 bits per heavy atom. The van der Waals surface area contributed by atoms with Gasteiger partial charge in [0, 0.05) is 23.8 Å². The van der Waals surface area contributed by atoms with Gasteiger partial charge < -0.3 is 4.90 Å². The van der Waals surface area contributed by atoms with Crippen molar-refractivity contribution in [1.82, 2.24) is 0 Å². The van der Waals surface area contributed by atoms with E-state index in [0.29, 0.717) is 5.56 Å². The maximum absolute atomic E-state index is 8.81. The van der Waals surface area contributed by atoms with Crippen LogP contribution >= 0.6 is 15.9 Å². The molecule has 0 N–H and O–H groups in total. The van der Waals surface area contributed by atoms with Gasteiger partial charge in [0.1, 0.15) is 0 Å². The molecule has 0 saturated heterocycles. The summed E-state index contributed by atoms with van der Waals surface area (Å²) in [6, 6.07) is 16.2. The van der Waals surface area contributed by atoms with Crippen LogP contribution in [0.1, 0.15) is 16.7 Å². The summed E-state index contributed by atoms with van der Waals surface area (Å²) in [7, 11) is 2.03. The maximum Gasteiger partial charge on any atom is 0.0991 e. The third kappa shape index (κ3) is 2.97. The van der Waals surface area contributed by atoms with Crippen LogP contribution in [0.5, 0.6) is 0 Å². The van der Waals surface area contributed by atoms with Crippen molar-refractivity contribution in [1.29, 1.82) is 5.26 Å². The molecule has 0 aliphatic heterocycles. The molecule has 0 atom stereocenters. The Kier molecular flexibility index (Phi) is 4.24. The van der Waals surface area contributed by atoms with Gasteiger partial charge in [-0.25, -0.2) is 0 Å². The average Bonchev–Trinajstić information content (AvgIpc) is 2.46.